The molecule has 2 amide bonds. The minimum atomic E-state index is -0.588. The fourth-order valence-corrected chi connectivity index (χ4v) is 2.15. The minimum absolute atomic E-state index is 0.124. The molecule has 0 aliphatic carbocycles. The first-order valence-corrected chi connectivity index (χ1v) is 6.83. The predicted molar refractivity (Wildman–Crippen MR) is 84.1 cm³/mol. The number of hydrogen-bond donors (Lipinski definition) is 3. The van der Waals surface area contributed by atoms with Crippen LogP contribution in [-0.4, -0.2) is 26.9 Å². The van der Waals surface area contributed by atoms with Crippen LogP contribution in [0.5, 0.6) is 0 Å². The number of aromatic amines is 1. The number of fused-ring (bicyclic) bond motifs is 1. The van der Waals surface area contributed by atoms with Crippen molar-refractivity contribution in [3.63, 3.8) is 0 Å². The maximum absolute atomic E-state index is 12.2. The lowest BCUT2D eigenvalue weighted by molar-refractivity contribution is -0.384. The zero-order chi connectivity index (χ0) is 17.1. The summed E-state index contributed by atoms with van der Waals surface area (Å²) in [7, 11) is 0. The van der Waals surface area contributed by atoms with Crippen molar-refractivity contribution in [2.24, 2.45) is 0 Å². The molecule has 0 aliphatic heterocycles. The summed E-state index contributed by atoms with van der Waals surface area (Å²) in [6.45, 7) is 0. The van der Waals surface area contributed by atoms with Crippen LogP contribution < -0.4 is 10.9 Å². The molecule has 24 heavy (non-hydrogen) atoms. The Morgan fingerprint density at radius 2 is 1.75 bits per heavy atom. The first-order valence-electron chi connectivity index (χ1n) is 6.83. The average Bonchev–Trinajstić information content (AvgIpc) is 3.08. The third-order valence-corrected chi connectivity index (χ3v) is 3.35. The first kappa shape index (κ1) is 15.2. The second-order valence-corrected chi connectivity index (χ2v) is 4.85. The standard InChI is InChI=1S/C15H11N5O4/c21-14(9-4-6-11(7-5-9)20(23)24)18-19-15(22)12-3-1-2-10-8-16-17-13(10)12/h1-8H,(H,16,17)(H,18,21)(H,19,22). The smallest absolute Gasteiger partial charge is 0.271 e. The molecule has 0 radical (unpaired) electrons. The van der Waals surface area contributed by atoms with E-state index in [-0.39, 0.29) is 11.3 Å². The Bertz CT molecular complexity index is 932. The summed E-state index contributed by atoms with van der Waals surface area (Å²) < 4.78 is 0. The summed E-state index contributed by atoms with van der Waals surface area (Å²) in [5.41, 5.74) is 5.50. The van der Waals surface area contributed by atoms with Crippen molar-refractivity contribution in [1.82, 2.24) is 21.0 Å². The van der Waals surface area contributed by atoms with Gasteiger partial charge >= 0.3 is 0 Å². The molecule has 120 valence electrons. The van der Waals surface area contributed by atoms with Crippen LogP contribution in [0.2, 0.25) is 0 Å². The van der Waals surface area contributed by atoms with Crippen LogP contribution >= 0.6 is 0 Å². The van der Waals surface area contributed by atoms with Crippen LogP contribution in [0.15, 0.2) is 48.7 Å². The number of carbonyl (C=O) groups excluding carboxylic acids is 2. The average molecular weight is 325 g/mol. The van der Waals surface area contributed by atoms with Crippen LogP contribution in [-0.2, 0) is 0 Å². The lowest BCUT2D eigenvalue weighted by atomic mass is 10.1. The number of carbonyl (C=O) groups is 2. The van der Waals surface area contributed by atoms with Gasteiger partial charge in [0.1, 0.15) is 0 Å². The van der Waals surface area contributed by atoms with E-state index in [1.807, 2.05) is 0 Å². The normalized spacial score (nSPS) is 10.3. The molecule has 0 fully saturated rings. The number of hydrogen-bond acceptors (Lipinski definition) is 5. The number of nitro groups is 1. The van der Waals surface area contributed by atoms with Crippen molar-refractivity contribution < 1.29 is 14.5 Å². The van der Waals surface area contributed by atoms with Crippen LogP contribution in [0.25, 0.3) is 10.9 Å². The number of benzene rings is 2. The Morgan fingerprint density at radius 1 is 1.04 bits per heavy atom. The van der Waals surface area contributed by atoms with E-state index in [4.69, 9.17) is 0 Å². The molecule has 0 bridgehead atoms. The molecular formula is C15H11N5O4. The third-order valence-electron chi connectivity index (χ3n) is 3.35. The van der Waals surface area contributed by atoms with Gasteiger partial charge in [-0.05, 0) is 18.2 Å². The number of non-ortho nitro benzene ring substituents is 1. The van der Waals surface area contributed by atoms with Gasteiger partial charge in [0.15, 0.2) is 0 Å². The number of H-pyrrole nitrogens is 1. The molecule has 0 saturated heterocycles. The topological polar surface area (TPSA) is 130 Å². The maximum Gasteiger partial charge on any atom is 0.271 e. The van der Waals surface area contributed by atoms with Gasteiger partial charge in [-0.2, -0.15) is 5.10 Å². The number of rotatable bonds is 3. The zero-order valence-electron chi connectivity index (χ0n) is 12.1. The minimum Gasteiger partial charge on any atom is -0.277 e. The quantitative estimate of drug-likeness (QED) is 0.497. The summed E-state index contributed by atoms with van der Waals surface area (Å²) in [5.74, 6) is -1.10. The third kappa shape index (κ3) is 2.90. The van der Waals surface area contributed by atoms with E-state index < -0.39 is 16.7 Å². The largest absolute Gasteiger partial charge is 0.277 e. The van der Waals surface area contributed by atoms with Crippen LogP contribution in [0.1, 0.15) is 20.7 Å². The van der Waals surface area contributed by atoms with Crippen LogP contribution in [0, 0.1) is 10.1 Å². The van der Waals surface area contributed by atoms with Crippen LogP contribution in [0.4, 0.5) is 5.69 Å². The van der Waals surface area contributed by atoms with Gasteiger partial charge < -0.3 is 0 Å². The summed E-state index contributed by atoms with van der Waals surface area (Å²) in [6, 6.07) is 10.1. The SMILES string of the molecule is O=C(NNC(=O)c1cccc2cn[nH]c12)c1ccc([N+](=O)[O-])cc1. The second-order valence-electron chi connectivity index (χ2n) is 4.85. The van der Waals surface area contributed by atoms with E-state index >= 15 is 0 Å². The summed E-state index contributed by atoms with van der Waals surface area (Å²) in [5, 5.41) is 17.9. The zero-order valence-corrected chi connectivity index (χ0v) is 12.1. The Labute approximate surface area is 134 Å². The summed E-state index contributed by atoms with van der Waals surface area (Å²) in [4.78, 5) is 34.2. The monoisotopic (exact) mass is 325 g/mol. The van der Waals surface area contributed by atoms with Gasteiger partial charge in [-0.25, -0.2) is 0 Å². The molecule has 1 aromatic heterocycles. The number of nitro benzene ring substituents is 1. The molecule has 1 heterocycles. The Morgan fingerprint density at radius 3 is 2.46 bits per heavy atom. The summed E-state index contributed by atoms with van der Waals surface area (Å²) >= 11 is 0. The molecule has 0 unspecified atom stereocenters. The van der Waals surface area contributed by atoms with E-state index in [9.17, 15) is 19.7 Å². The van der Waals surface area contributed by atoms with E-state index in [1.54, 1.807) is 24.4 Å². The summed E-state index contributed by atoms with van der Waals surface area (Å²) in [6.07, 6.45) is 1.58. The second kappa shape index (κ2) is 6.16. The van der Waals surface area contributed by atoms with E-state index in [0.29, 0.717) is 11.1 Å². The molecule has 9 nitrogen and oxygen atoms in total. The van der Waals surface area contributed by atoms with Gasteiger partial charge in [0.2, 0.25) is 0 Å². The molecule has 9 heteroatoms. The van der Waals surface area contributed by atoms with Crippen molar-refractivity contribution in [3.05, 3.63) is 69.9 Å². The van der Waals surface area contributed by atoms with Crippen molar-refractivity contribution in [2.45, 2.75) is 0 Å². The van der Waals surface area contributed by atoms with Crippen molar-refractivity contribution in [1.29, 1.82) is 0 Å². The molecule has 0 aliphatic rings. The van der Waals surface area contributed by atoms with Gasteiger partial charge in [0.05, 0.1) is 22.2 Å². The van der Waals surface area contributed by atoms with Gasteiger partial charge in [-0.3, -0.25) is 35.7 Å². The first-order chi connectivity index (χ1) is 11.6. The number of nitrogens with zero attached hydrogens (tertiary/aromatic N) is 2. The number of para-hydroxylation sites is 1. The van der Waals surface area contributed by atoms with Crippen molar-refractivity contribution in [3.8, 4) is 0 Å². The lowest BCUT2D eigenvalue weighted by Crippen LogP contribution is -2.41. The number of aromatic nitrogens is 2. The van der Waals surface area contributed by atoms with E-state index in [0.717, 1.165) is 5.39 Å². The molecule has 0 atom stereocenters. The fourth-order valence-electron chi connectivity index (χ4n) is 2.15. The van der Waals surface area contributed by atoms with E-state index in [2.05, 4.69) is 21.0 Å². The predicted octanol–water partition coefficient (Wildman–Crippen LogP) is 1.55. The van der Waals surface area contributed by atoms with Gasteiger partial charge in [0.25, 0.3) is 17.5 Å². The highest BCUT2D eigenvalue weighted by molar-refractivity contribution is 6.06. The maximum atomic E-state index is 12.2. The number of hydrazine groups is 1. The van der Waals surface area contributed by atoms with Gasteiger partial charge in [-0.1, -0.05) is 12.1 Å². The molecular weight excluding hydrogens is 314 g/mol. The highest BCUT2D eigenvalue weighted by atomic mass is 16.6. The lowest BCUT2D eigenvalue weighted by Gasteiger charge is -2.08. The fraction of sp³-hybridized carbons (Fsp3) is 0. The Balaban J connectivity index is 1.68. The van der Waals surface area contributed by atoms with Crippen LogP contribution in [0.3, 0.4) is 0 Å². The number of nitrogens with one attached hydrogen (secondary N) is 3. The molecule has 0 spiro atoms. The number of amides is 2. The Hall–Kier alpha value is -3.75. The van der Waals surface area contributed by atoms with Gasteiger partial charge in [0, 0.05) is 23.1 Å². The molecule has 2 aromatic carbocycles. The van der Waals surface area contributed by atoms with E-state index in [1.165, 1.54) is 24.3 Å². The Kier molecular flexibility index (Phi) is 3.89. The molecule has 0 saturated carbocycles. The van der Waals surface area contributed by atoms with Gasteiger partial charge in [-0.15, -0.1) is 0 Å². The molecule has 3 N–H and O–H groups in total. The highest BCUT2D eigenvalue weighted by Crippen LogP contribution is 2.15. The van der Waals surface area contributed by atoms with Crippen molar-refractivity contribution in [2.75, 3.05) is 0 Å². The molecule has 3 aromatic rings. The van der Waals surface area contributed by atoms with Crippen molar-refractivity contribution >= 4 is 28.4 Å². The highest BCUT2D eigenvalue weighted by Gasteiger charge is 2.13. The molecule has 3 rings (SSSR count).